The highest BCUT2D eigenvalue weighted by atomic mass is 32.2. The molecule has 1 aliphatic rings. The number of rotatable bonds is 7. The molecule has 6 nitrogen and oxygen atoms in total. The van der Waals surface area contributed by atoms with Gasteiger partial charge in [-0.25, -0.2) is 0 Å². The van der Waals surface area contributed by atoms with E-state index in [1.165, 1.54) is 0 Å². The summed E-state index contributed by atoms with van der Waals surface area (Å²) in [5, 5.41) is 2.37. The zero-order chi connectivity index (χ0) is 15.9. The Morgan fingerprint density at radius 1 is 1.41 bits per heavy atom. The summed E-state index contributed by atoms with van der Waals surface area (Å²) >= 11 is 0.983. The first-order valence-electron chi connectivity index (χ1n) is 7.05. The maximum absolute atomic E-state index is 11.7. The van der Waals surface area contributed by atoms with Crippen molar-refractivity contribution in [3.63, 3.8) is 0 Å². The highest BCUT2D eigenvalue weighted by Gasteiger charge is 2.29. The molecule has 118 valence electrons. The number of carbonyl (C=O) groups excluding carboxylic acids is 3. The van der Waals surface area contributed by atoms with Gasteiger partial charge in [-0.15, -0.1) is 0 Å². The number of hydrogen-bond acceptors (Lipinski definition) is 5. The maximum Gasteiger partial charge on any atom is 0.288 e. The van der Waals surface area contributed by atoms with Gasteiger partial charge in [0.1, 0.15) is 5.75 Å². The highest BCUT2D eigenvalue weighted by molar-refractivity contribution is 8.14. The van der Waals surface area contributed by atoms with Crippen molar-refractivity contribution >= 4 is 28.8 Å². The monoisotopic (exact) mass is 322 g/mol. The Hall–Kier alpha value is -2.02. The molecule has 0 aliphatic carbocycles. The smallest absolute Gasteiger partial charge is 0.288 e. The molecule has 1 heterocycles. The van der Waals surface area contributed by atoms with Crippen molar-refractivity contribution in [3.05, 3.63) is 29.8 Å². The van der Waals surface area contributed by atoms with Crippen LogP contribution in [0, 0.1) is 0 Å². The number of amides is 3. The molecule has 3 amide bonds. The summed E-state index contributed by atoms with van der Waals surface area (Å²) in [5.74, 6) is 0.338. The average Bonchev–Trinajstić information content (AvgIpc) is 2.85. The number of aryl methyl sites for hydroxylation is 1. The molecule has 0 bridgehead atoms. The lowest BCUT2D eigenvalue weighted by Gasteiger charge is -2.13. The Morgan fingerprint density at radius 2 is 2.23 bits per heavy atom. The van der Waals surface area contributed by atoms with Gasteiger partial charge in [0.05, 0.1) is 5.75 Å². The van der Waals surface area contributed by atoms with Crippen molar-refractivity contribution < 1.29 is 19.1 Å². The Kier molecular flexibility index (Phi) is 5.83. The molecular weight excluding hydrogens is 304 g/mol. The minimum atomic E-state index is -0.284. The number of carbonyl (C=O) groups is 3. The summed E-state index contributed by atoms with van der Waals surface area (Å²) in [7, 11) is 0. The van der Waals surface area contributed by atoms with E-state index in [1.54, 1.807) is 6.07 Å². The summed E-state index contributed by atoms with van der Waals surface area (Å²) in [6.07, 6.45) is 0.902. The molecule has 1 saturated heterocycles. The molecule has 1 fully saturated rings. The summed E-state index contributed by atoms with van der Waals surface area (Å²) < 4.78 is 5.41. The van der Waals surface area contributed by atoms with E-state index in [2.05, 4.69) is 5.32 Å². The third kappa shape index (κ3) is 4.49. The van der Waals surface area contributed by atoms with Crippen LogP contribution in [0.5, 0.6) is 5.75 Å². The predicted octanol–water partition coefficient (Wildman–Crippen LogP) is 1.44. The van der Waals surface area contributed by atoms with E-state index in [4.69, 9.17) is 4.74 Å². The second-order valence-corrected chi connectivity index (χ2v) is 5.67. The van der Waals surface area contributed by atoms with E-state index in [-0.39, 0.29) is 42.5 Å². The van der Waals surface area contributed by atoms with E-state index in [9.17, 15) is 14.4 Å². The quantitative estimate of drug-likeness (QED) is 0.822. The molecule has 0 aromatic heterocycles. The van der Waals surface area contributed by atoms with E-state index in [1.807, 2.05) is 25.1 Å². The van der Waals surface area contributed by atoms with Crippen LogP contribution in [0.1, 0.15) is 12.5 Å². The van der Waals surface area contributed by atoms with Crippen molar-refractivity contribution in [2.75, 3.05) is 25.4 Å². The van der Waals surface area contributed by atoms with Gasteiger partial charge in [0.2, 0.25) is 5.91 Å². The summed E-state index contributed by atoms with van der Waals surface area (Å²) in [6, 6.07) is 7.57. The fraction of sp³-hybridized carbons (Fsp3) is 0.400. The van der Waals surface area contributed by atoms with Crippen LogP contribution in [0.2, 0.25) is 0 Å². The van der Waals surface area contributed by atoms with Crippen LogP contribution in [0.25, 0.3) is 0 Å². The highest BCUT2D eigenvalue weighted by Crippen LogP contribution is 2.17. The summed E-state index contributed by atoms with van der Waals surface area (Å²) in [4.78, 5) is 35.6. The first-order chi connectivity index (χ1) is 10.6. The number of benzene rings is 1. The normalized spacial score (nSPS) is 14.3. The molecular formula is C15H18N2O4S. The lowest BCUT2D eigenvalue weighted by molar-refractivity contribution is -0.126. The Labute approximate surface area is 133 Å². The minimum absolute atomic E-state index is 0.0934. The fourth-order valence-corrected chi connectivity index (χ4v) is 2.71. The average molecular weight is 322 g/mol. The number of imide groups is 1. The minimum Gasteiger partial charge on any atom is -0.484 e. The third-order valence-electron chi connectivity index (χ3n) is 3.17. The fourth-order valence-electron chi connectivity index (χ4n) is 1.96. The van der Waals surface area contributed by atoms with Crippen molar-refractivity contribution in [2.24, 2.45) is 0 Å². The van der Waals surface area contributed by atoms with Gasteiger partial charge in [0, 0.05) is 13.1 Å². The van der Waals surface area contributed by atoms with Gasteiger partial charge in [-0.1, -0.05) is 30.8 Å². The second-order valence-electron chi connectivity index (χ2n) is 4.74. The van der Waals surface area contributed by atoms with Crippen molar-refractivity contribution in [2.45, 2.75) is 13.3 Å². The molecule has 1 aromatic carbocycles. The number of nitrogens with one attached hydrogen (secondary N) is 1. The lowest BCUT2D eigenvalue weighted by Crippen LogP contribution is -2.38. The zero-order valence-corrected chi connectivity index (χ0v) is 13.1. The van der Waals surface area contributed by atoms with E-state index in [0.717, 1.165) is 28.6 Å². The van der Waals surface area contributed by atoms with Crippen molar-refractivity contribution in [1.29, 1.82) is 0 Å². The lowest BCUT2D eigenvalue weighted by atomic mass is 10.2. The largest absolute Gasteiger partial charge is 0.484 e. The number of ether oxygens (including phenoxy) is 1. The maximum atomic E-state index is 11.7. The van der Waals surface area contributed by atoms with Crippen LogP contribution >= 0.6 is 11.8 Å². The standard InChI is InChI=1S/C15H18N2O4S/c1-2-11-4-3-5-12(8-11)21-9-13(18)16-6-7-17-14(19)10-22-15(17)20/h3-5,8H,2,6-7,9-10H2,1H3,(H,16,18). The molecule has 1 aromatic rings. The molecule has 0 spiro atoms. The number of thioether (sulfide) groups is 1. The number of hydrogen-bond donors (Lipinski definition) is 1. The molecule has 0 unspecified atom stereocenters. The van der Waals surface area contributed by atoms with Crippen LogP contribution < -0.4 is 10.1 Å². The molecule has 1 aliphatic heterocycles. The molecule has 22 heavy (non-hydrogen) atoms. The van der Waals surface area contributed by atoms with Gasteiger partial charge in [0.15, 0.2) is 6.61 Å². The van der Waals surface area contributed by atoms with Crippen molar-refractivity contribution in [3.8, 4) is 5.75 Å². The Morgan fingerprint density at radius 3 is 2.91 bits per heavy atom. The van der Waals surface area contributed by atoms with E-state index < -0.39 is 0 Å². The SMILES string of the molecule is CCc1cccc(OCC(=O)NCCN2C(=O)CSC2=O)c1. The Bertz CT molecular complexity index is 560. The van der Waals surface area contributed by atoms with Gasteiger partial charge < -0.3 is 10.1 Å². The van der Waals surface area contributed by atoms with E-state index in [0.29, 0.717) is 5.75 Å². The first-order valence-corrected chi connectivity index (χ1v) is 8.04. The van der Waals surface area contributed by atoms with Gasteiger partial charge in [-0.2, -0.15) is 0 Å². The van der Waals surface area contributed by atoms with Gasteiger partial charge in [-0.3, -0.25) is 19.3 Å². The third-order valence-corrected chi connectivity index (χ3v) is 4.03. The molecule has 7 heteroatoms. The van der Waals surface area contributed by atoms with Crippen LogP contribution in [-0.4, -0.2) is 47.4 Å². The van der Waals surface area contributed by atoms with Gasteiger partial charge in [-0.05, 0) is 24.1 Å². The van der Waals surface area contributed by atoms with Crippen LogP contribution in [0.3, 0.4) is 0 Å². The number of nitrogens with zero attached hydrogens (tertiary/aromatic N) is 1. The predicted molar refractivity (Wildman–Crippen MR) is 83.9 cm³/mol. The van der Waals surface area contributed by atoms with Gasteiger partial charge in [0.25, 0.3) is 11.1 Å². The van der Waals surface area contributed by atoms with Gasteiger partial charge >= 0.3 is 0 Å². The van der Waals surface area contributed by atoms with Crippen LogP contribution in [0.4, 0.5) is 4.79 Å². The summed E-state index contributed by atoms with van der Waals surface area (Å²) in [6.45, 7) is 2.38. The molecule has 2 rings (SSSR count). The zero-order valence-electron chi connectivity index (χ0n) is 12.3. The second kappa shape index (κ2) is 7.84. The molecule has 0 saturated carbocycles. The van der Waals surface area contributed by atoms with Crippen LogP contribution in [-0.2, 0) is 16.0 Å². The summed E-state index contributed by atoms with van der Waals surface area (Å²) in [5.41, 5.74) is 1.14. The molecule has 0 radical (unpaired) electrons. The van der Waals surface area contributed by atoms with Crippen molar-refractivity contribution in [1.82, 2.24) is 10.2 Å². The Balaban J connectivity index is 1.69. The van der Waals surface area contributed by atoms with E-state index >= 15 is 0 Å². The molecule has 0 atom stereocenters. The topological polar surface area (TPSA) is 75.7 Å². The van der Waals surface area contributed by atoms with Crippen LogP contribution in [0.15, 0.2) is 24.3 Å². The first kappa shape index (κ1) is 16.4. The molecule has 1 N–H and O–H groups in total.